The second kappa shape index (κ2) is 5.80. The maximum Gasteiger partial charge on any atom is 0.339 e. The van der Waals surface area contributed by atoms with Crippen molar-refractivity contribution in [2.75, 3.05) is 32.8 Å². The lowest BCUT2D eigenvalue weighted by Crippen LogP contribution is -2.46. The zero-order chi connectivity index (χ0) is 15.7. The van der Waals surface area contributed by atoms with Gasteiger partial charge in [0.05, 0.1) is 18.8 Å². The summed E-state index contributed by atoms with van der Waals surface area (Å²) in [6, 6.07) is 17.7. The number of hydrogen-bond acceptors (Lipinski definition) is 4. The van der Waals surface area contributed by atoms with Crippen LogP contribution in [0.3, 0.4) is 0 Å². The van der Waals surface area contributed by atoms with Gasteiger partial charge in [0, 0.05) is 30.8 Å². The van der Waals surface area contributed by atoms with Gasteiger partial charge in [-0.15, -0.1) is 0 Å². The van der Waals surface area contributed by atoms with E-state index in [-0.39, 0.29) is 5.97 Å². The third kappa shape index (κ3) is 2.44. The first-order valence-electron chi connectivity index (χ1n) is 7.98. The molecule has 118 valence electrons. The quantitative estimate of drug-likeness (QED) is 0.816. The van der Waals surface area contributed by atoms with Gasteiger partial charge in [0.1, 0.15) is 0 Å². The summed E-state index contributed by atoms with van der Waals surface area (Å²) in [5.41, 5.74) is 1.92. The lowest BCUT2D eigenvalue weighted by molar-refractivity contribution is -0.0280. The van der Waals surface area contributed by atoms with Gasteiger partial charge >= 0.3 is 5.97 Å². The van der Waals surface area contributed by atoms with E-state index in [1.165, 1.54) is 0 Å². The number of esters is 1. The minimum absolute atomic E-state index is 0.238. The van der Waals surface area contributed by atoms with Gasteiger partial charge in [-0.1, -0.05) is 48.5 Å². The van der Waals surface area contributed by atoms with Crippen LogP contribution < -0.4 is 0 Å². The van der Waals surface area contributed by atoms with Crippen molar-refractivity contribution in [2.24, 2.45) is 0 Å². The number of hydrogen-bond donors (Lipinski definition) is 0. The second-order valence-corrected chi connectivity index (χ2v) is 6.02. The number of morpholine rings is 1. The molecule has 0 amide bonds. The molecule has 0 unspecified atom stereocenters. The second-order valence-electron chi connectivity index (χ2n) is 6.02. The monoisotopic (exact) mass is 309 g/mol. The highest BCUT2D eigenvalue weighted by Gasteiger charge is 2.47. The number of ether oxygens (including phenoxy) is 2. The van der Waals surface area contributed by atoms with E-state index < -0.39 is 5.60 Å². The number of rotatable bonds is 3. The number of fused-ring (bicyclic) bond motifs is 1. The van der Waals surface area contributed by atoms with Gasteiger partial charge in [-0.25, -0.2) is 4.79 Å². The first-order valence-corrected chi connectivity index (χ1v) is 7.98. The van der Waals surface area contributed by atoms with Crippen LogP contribution in [0.25, 0.3) is 0 Å². The van der Waals surface area contributed by atoms with Crippen LogP contribution in [-0.4, -0.2) is 43.7 Å². The molecular formula is C19H19NO3. The van der Waals surface area contributed by atoms with E-state index in [0.29, 0.717) is 12.1 Å². The third-order valence-electron chi connectivity index (χ3n) is 4.64. The largest absolute Gasteiger partial charge is 0.444 e. The lowest BCUT2D eigenvalue weighted by atomic mass is 9.85. The molecule has 1 saturated heterocycles. The normalized spacial score (nSPS) is 24.3. The lowest BCUT2D eigenvalue weighted by Gasteiger charge is -2.36. The predicted molar refractivity (Wildman–Crippen MR) is 86.3 cm³/mol. The molecule has 4 heteroatoms. The summed E-state index contributed by atoms with van der Waals surface area (Å²) < 4.78 is 11.4. The minimum atomic E-state index is -0.730. The zero-order valence-electron chi connectivity index (χ0n) is 12.9. The maximum atomic E-state index is 12.4. The number of carbonyl (C=O) groups excluding carboxylic acids is 1. The number of benzene rings is 2. The predicted octanol–water partition coefficient (Wildman–Crippen LogP) is 2.43. The molecule has 4 rings (SSSR count). The smallest absolute Gasteiger partial charge is 0.339 e. The van der Waals surface area contributed by atoms with E-state index >= 15 is 0 Å². The summed E-state index contributed by atoms with van der Waals surface area (Å²) >= 11 is 0. The van der Waals surface area contributed by atoms with Gasteiger partial charge in [-0.2, -0.15) is 0 Å². The van der Waals surface area contributed by atoms with Crippen LogP contribution >= 0.6 is 0 Å². The molecule has 0 saturated carbocycles. The van der Waals surface area contributed by atoms with Crippen molar-refractivity contribution in [2.45, 2.75) is 5.60 Å². The Hall–Kier alpha value is -2.17. The standard InChI is InChI=1S/C19H19NO3/c21-18-16-8-4-5-9-17(16)19(23-18,15-6-2-1-3-7-15)14-20-10-12-22-13-11-20/h1-9H,10-14H2/t19-/m0/s1. The summed E-state index contributed by atoms with van der Waals surface area (Å²) in [7, 11) is 0. The van der Waals surface area contributed by atoms with E-state index in [4.69, 9.17) is 9.47 Å². The van der Waals surface area contributed by atoms with Crippen molar-refractivity contribution in [1.29, 1.82) is 0 Å². The number of cyclic esters (lactones) is 1. The summed E-state index contributed by atoms with van der Waals surface area (Å²) in [4.78, 5) is 14.7. The molecule has 23 heavy (non-hydrogen) atoms. The first kappa shape index (κ1) is 14.4. The number of carbonyl (C=O) groups is 1. The number of nitrogens with zero attached hydrogens (tertiary/aromatic N) is 1. The maximum absolute atomic E-state index is 12.4. The minimum Gasteiger partial charge on any atom is -0.444 e. The topological polar surface area (TPSA) is 38.8 Å². The molecule has 0 aromatic heterocycles. The van der Waals surface area contributed by atoms with Crippen molar-refractivity contribution in [3.05, 3.63) is 71.3 Å². The van der Waals surface area contributed by atoms with Crippen molar-refractivity contribution in [1.82, 2.24) is 4.90 Å². The Morgan fingerprint density at radius 2 is 1.65 bits per heavy atom. The fourth-order valence-corrected chi connectivity index (χ4v) is 3.49. The Morgan fingerprint density at radius 3 is 2.43 bits per heavy atom. The van der Waals surface area contributed by atoms with Crippen molar-refractivity contribution in [3.63, 3.8) is 0 Å². The molecule has 1 fully saturated rings. The van der Waals surface area contributed by atoms with Crippen LogP contribution in [-0.2, 0) is 15.1 Å². The summed E-state index contributed by atoms with van der Waals surface area (Å²) in [5.74, 6) is -0.238. The van der Waals surface area contributed by atoms with E-state index in [0.717, 1.165) is 37.4 Å². The molecule has 2 heterocycles. The fourth-order valence-electron chi connectivity index (χ4n) is 3.49. The highest BCUT2D eigenvalue weighted by atomic mass is 16.6. The SMILES string of the molecule is O=C1O[C@@](CN2CCOCC2)(c2ccccc2)c2ccccc21. The molecule has 0 spiro atoms. The van der Waals surface area contributed by atoms with Crippen molar-refractivity contribution in [3.8, 4) is 0 Å². The van der Waals surface area contributed by atoms with E-state index in [1.54, 1.807) is 0 Å². The summed E-state index contributed by atoms with van der Waals surface area (Å²) in [5, 5.41) is 0. The van der Waals surface area contributed by atoms with E-state index in [2.05, 4.69) is 4.90 Å². The molecule has 0 radical (unpaired) electrons. The fraction of sp³-hybridized carbons (Fsp3) is 0.316. The summed E-state index contributed by atoms with van der Waals surface area (Å²) in [6.07, 6.45) is 0. The molecule has 2 aliphatic heterocycles. The van der Waals surface area contributed by atoms with E-state index in [9.17, 15) is 4.79 Å². The van der Waals surface area contributed by atoms with Gasteiger partial charge in [-0.05, 0) is 6.07 Å². The summed E-state index contributed by atoms with van der Waals surface area (Å²) in [6.45, 7) is 3.81. The Bertz CT molecular complexity index is 710. The molecule has 4 nitrogen and oxygen atoms in total. The van der Waals surface area contributed by atoms with Gasteiger partial charge in [-0.3, -0.25) is 4.90 Å². The van der Waals surface area contributed by atoms with Crippen LogP contribution in [0.2, 0.25) is 0 Å². The molecule has 2 aliphatic rings. The van der Waals surface area contributed by atoms with Gasteiger partial charge in [0.25, 0.3) is 0 Å². The Kier molecular flexibility index (Phi) is 3.63. The highest BCUT2D eigenvalue weighted by molar-refractivity contribution is 5.95. The van der Waals surface area contributed by atoms with Crippen LogP contribution in [0, 0.1) is 0 Å². The molecule has 0 bridgehead atoms. The molecule has 1 atom stereocenters. The van der Waals surface area contributed by atoms with Crippen LogP contribution in [0.15, 0.2) is 54.6 Å². The molecule has 0 N–H and O–H groups in total. The highest BCUT2D eigenvalue weighted by Crippen LogP contribution is 2.42. The van der Waals surface area contributed by atoms with Gasteiger partial charge in [0.2, 0.25) is 0 Å². The van der Waals surface area contributed by atoms with Gasteiger partial charge < -0.3 is 9.47 Å². The molecular weight excluding hydrogens is 290 g/mol. The zero-order valence-corrected chi connectivity index (χ0v) is 12.9. The third-order valence-corrected chi connectivity index (χ3v) is 4.64. The van der Waals surface area contributed by atoms with Crippen LogP contribution in [0.1, 0.15) is 21.5 Å². The van der Waals surface area contributed by atoms with Crippen LogP contribution in [0.4, 0.5) is 0 Å². The van der Waals surface area contributed by atoms with Crippen molar-refractivity contribution >= 4 is 5.97 Å². The Labute approximate surface area is 135 Å². The van der Waals surface area contributed by atoms with Crippen LogP contribution in [0.5, 0.6) is 0 Å². The molecule has 0 aliphatic carbocycles. The molecule has 2 aromatic rings. The van der Waals surface area contributed by atoms with Gasteiger partial charge in [0.15, 0.2) is 5.60 Å². The van der Waals surface area contributed by atoms with E-state index in [1.807, 2.05) is 54.6 Å². The average molecular weight is 309 g/mol. The van der Waals surface area contributed by atoms with Crippen molar-refractivity contribution < 1.29 is 14.3 Å². The molecule has 2 aromatic carbocycles. The average Bonchev–Trinajstić information content (AvgIpc) is 2.90. The Morgan fingerprint density at radius 1 is 0.957 bits per heavy atom. The Balaban J connectivity index is 1.81. The first-order chi connectivity index (χ1) is 11.3.